The van der Waals surface area contributed by atoms with E-state index in [9.17, 15) is 13.2 Å². The number of carbonyl (C=O) groups is 1. The van der Waals surface area contributed by atoms with E-state index in [-0.39, 0.29) is 11.7 Å². The Morgan fingerprint density at radius 3 is 2.67 bits per heavy atom. The lowest BCUT2D eigenvalue weighted by atomic mass is 10.2. The first-order chi connectivity index (χ1) is 11.4. The molecule has 0 bridgehead atoms. The number of hydrogen-bond acceptors (Lipinski definition) is 7. The topological polar surface area (TPSA) is 101 Å². The third-order valence-corrected chi connectivity index (χ3v) is 6.03. The molecule has 0 aliphatic rings. The normalized spacial score (nSPS) is 11.0. The summed E-state index contributed by atoms with van der Waals surface area (Å²) in [4.78, 5) is 12.2. The van der Waals surface area contributed by atoms with Crippen molar-refractivity contribution in [3.05, 3.63) is 42.5 Å². The highest BCUT2D eigenvalue weighted by Gasteiger charge is 2.11. The Morgan fingerprint density at radius 1 is 1.33 bits per heavy atom. The molecule has 7 nitrogen and oxygen atoms in total. The molecule has 0 saturated carbocycles. The fourth-order valence-corrected chi connectivity index (χ4v) is 3.71. The third-order valence-electron chi connectivity index (χ3n) is 2.75. The number of sulfonamides is 1. The maximum absolute atomic E-state index is 12.2. The molecule has 2 N–H and O–H groups in total. The molecule has 2 rings (SSSR count). The number of benzene rings is 1. The predicted octanol–water partition coefficient (Wildman–Crippen LogP) is 2.83. The Hall–Kier alpha value is -1.91. The zero-order valence-corrected chi connectivity index (χ0v) is 15.3. The van der Waals surface area contributed by atoms with E-state index in [1.807, 2.05) is 0 Å². The molecule has 2 aromatic rings. The molecule has 1 heterocycles. The van der Waals surface area contributed by atoms with Gasteiger partial charge in [-0.2, -0.15) is 0 Å². The average molecular weight is 385 g/mol. The van der Waals surface area contributed by atoms with Crippen LogP contribution in [0.1, 0.15) is 17.3 Å². The van der Waals surface area contributed by atoms with Crippen molar-refractivity contribution in [2.75, 3.05) is 21.5 Å². The van der Waals surface area contributed by atoms with E-state index in [1.165, 1.54) is 47.4 Å². The molecule has 0 saturated heterocycles. The summed E-state index contributed by atoms with van der Waals surface area (Å²) in [6.45, 7) is 5.18. The van der Waals surface area contributed by atoms with Crippen LogP contribution in [0.15, 0.2) is 41.3 Å². The smallest absolute Gasteiger partial charge is 0.257 e. The summed E-state index contributed by atoms with van der Waals surface area (Å²) in [6.07, 6.45) is 1.76. The number of amides is 1. The molecule has 0 radical (unpaired) electrons. The number of carbonyl (C=O) groups excluding carboxylic acids is 1. The van der Waals surface area contributed by atoms with Crippen LogP contribution >= 0.6 is 23.1 Å². The van der Waals surface area contributed by atoms with Crippen LogP contribution in [0.5, 0.6) is 0 Å². The highest BCUT2D eigenvalue weighted by Crippen LogP contribution is 2.25. The van der Waals surface area contributed by atoms with E-state index in [0.29, 0.717) is 16.4 Å². The number of anilines is 2. The zero-order valence-electron chi connectivity index (χ0n) is 12.9. The summed E-state index contributed by atoms with van der Waals surface area (Å²) >= 11 is 2.76. The van der Waals surface area contributed by atoms with Crippen molar-refractivity contribution in [1.82, 2.24) is 10.2 Å². The highest BCUT2D eigenvalue weighted by atomic mass is 32.2. The van der Waals surface area contributed by atoms with Gasteiger partial charge in [-0.15, -0.1) is 16.8 Å². The predicted molar refractivity (Wildman–Crippen MR) is 98.3 cm³/mol. The number of thioether (sulfide) groups is 1. The van der Waals surface area contributed by atoms with Gasteiger partial charge in [0.15, 0.2) is 4.34 Å². The average Bonchev–Trinajstić information content (AvgIpc) is 3.00. The summed E-state index contributed by atoms with van der Waals surface area (Å²) in [5, 5.41) is 10.9. The molecule has 0 spiro atoms. The van der Waals surface area contributed by atoms with Crippen LogP contribution in [0.4, 0.5) is 10.8 Å². The Balaban J connectivity index is 1.99. The van der Waals surface area contributed by atoms with Gasteiger partial charge in [0.2, 0.25) is 15.2 Å². The molecule has 10 heteroatoms. The molecule has 128 valence electrons. The monoisotopic (exact) mass is 384 g/mol. The van der Waals surface area contributed by atoms with Crippen LogP contribution < -0.4 is 10.0 Å². The summed E-state index contributed by atoms with van der Waals surface area (Å²) < 4.78 is 26.1. The van der Waals surface area contributed by atoms with Crippen molar-refractivity contribution < 1.29 is 13.2 Å². The van der Waals surface area contributed by atoms with Gasteiger partial charge in [0, 0.05) is 17.0 Å². The van der Waals surface area contributed by atoms with E-state index in [0.717, 1.165) is 10.1 Å². The summed E-state index contributed by atoms with van der Waals surface area (Å²) in [6, 6.07) is 6.15. The van der Waals surface area contributed by atoms with Gasteiger partial charge >= 0.3 is 0 Å². The van der Waals surface area contributed by atoms with Crippen LogP contribution in [-0.2, 0) is 10.0 Å². The Labute approximate surface area is 148 Å². The van der Waals surface area contributed by atoms with Crippen molar-refractivity contribution in [2.24, 2.45) is 0 Å². The maximum atomic E-state index is 12.2. The Bertz CT molecular complexity index is 816. The van der Waals surface area contributed by atoms with E-state index >= 15 is 0 Å². The largest absolute Gasteiger partial charge is 0.296 e. The maximum Gasteiger partial charge on any atom is 0.257 e. The van der Waals surface area contributed by atoms with Crippen molar-refractivity contribution >= 4 is 49.8 Å². The summed E-state index contributed by atoms with van der Waals surface area (Å²) in [5.41, 5.74) is 0.803. The van der Waals surface area contributed by atoms with Gasteiger partial charge in [0.05, 0.1) is 5.75 Å². The summed E-state index contributed by atoms with van der Waals surface area (Å²) in [7, 11) is -3.34. The minimum atomic E-state index is -3.34. The third kappa shape index (κ3) is 5.32. The zero-order chi connectivity index (χ0) is 17.6. The lowest BCUT2D eigenvalue weighted by Crippen LogP contribution is -2.15. The van der Waals surface area contributed by atoms with Crippen molar-refractivity contribution in [3.63, 3.8) is 0 Å². The van der Waals surface area contributed by atoms with Gasteiger partial charge in [-0.25, -0.2) is 8.42 Å². The quantitative estimate of drug-likeness (QED) is 0.412. The number of nitrogens with one attached hydrogen (secondary N) is 2. The molecule has 0 aliphatic heterocycles. The second-order valence-electron chi connectivity index (χ2n) is 4.51. The fourth-order valence-electron chi connectivity index (χ4n) is 1.56. The van der Waals surface area contributed by atoms with Crippen LogP contribution in [-0.4, -0.2) is 36.0 Å². The van der Waals surface area contributed by atoms with E-state index < -0.39 is 10.0 Å². The minimum absolute atomic E-state index is 0.0154. The van der Waals surface area contributed by atoms with Crippen molar-refractivity contribution in [1.29, 1.82) is 0 Å². The second-order valence-corrected chi connectivity index (χ2v) is 8.77. The second kappa shape index (κ2) is 8.27. The molecule has 1 aromatic carbocycles. The van der Waals surface area contributed by atoms with E-state index in [2.05, 4.69) is 26.8 Å². The van der Waals surface area contributed by atoms with E-state index in [1.54, 1.807) is 13.0 Å². The van der Waals surface area contributed by atoms with E-state index in [4.69, 9.17) is 0 Å². The molecular formula is C14H16N4O3S3. The first-order valence-corrected chi connectivity index (χ1v) is 10.4. The van der Waals surface area contributed by atoms with Crippen LogP contribution in [0.25, 0.3) is 0 Å². The number of hydrogen-bond donors (Lipinski definition) is 2. The van der Waals surface area contributed by atoms with Gasteiger partial charge in [-0.1, -0.05) is 29.2 Å². The van der Waals surface area contributed by atoms with Crippen LogP contribution in [0.3, 0.4) is 0 Å². The molecule has 0 atom stereocenters. The Morgan fingerprint density at radius 2 is 2.04 bits per heavy atom. The molecule has 0 aliphatic carbocycles. The van der Waals surface area contributed by atoms with Gasteiger partial charge < -0.3 is 0 Å². The fraction of sp³-hybridized carbons (Fsp3) is 0.214. The SMILES string of the molecule is C=CCSc1nnc(NC(=O)c2ccc(NS(=O)(=O)CC)cc2)s1. The van der Waals surface area contributed by atoms with Gasteiger partial charge in [0.25, 0.3) is 5.91 Å². The molecule has 1 aromatic heterocycles. The summed E-state index contributed by atoms with van der Waals surface area (Å²) in [5.74, 6) is 0.368. The number of aromatic nitrogens is 2. The standard InChI is InChI=1S/C14H16N4O3S3/c1-3-9-22-14-17-16-13(23-14)15-12(19)10-5-7-11(8-6-10)18-24(20,21)4-2/h3,5-8,18H,1,4,9H2,2H3,(H,15,16,19). The first kappa shape index (κ1) is 18.4. The van der Waals surface area contributed by atoms with Crippen molar-refractivity contribution in [3.8, 4) is 0 Å². The van der Waals surface area contributed by atoms with Crippen molar-refractivity contribution in [2.45, 2.75) is 11.3 Å². The van der Waals surface area contributed by atoms with Gasteiger partial charge in [-0.05, 0) is 31.2 Å². The van der Waals surface area contributed by atoms with Gasteiger partial charge in [-0.3, -0.25) is 14.8 Å². The number of nitrogens with zero attached hydrogens (tertiary/aromatic N) is 2. The first-order valence-electron chi connectivity index (χ1n) is 6.92. The molecule has 1 amide bonds. The molecule has 0 unspecified atom stereocenters. The minimum Gasteiger partial charge on any atom is -0.296 e. The molecular weight excluding hydrogens is 368 g/mol. The van der Waals surface area contributed by atoms with Gasteiger partial charge in [0.1, 0.15) is 0 Å². The highest BCUT2D eigenvalue weighted by molar-refractivity contribution is 8.01. The lowest BCUT2D eigenvalue weighted by molar-refractivity contribution is 0.102. The van der Waals surface area contributed by atoms with Crippen LogP contribution in [0.2, 0.25) is 0 Å². The number of rotatable bonds is 8. The van der Waals surface area contributed by atoms with Crippen LogP contribution in [0, 0.1) is 0 Å². The molecule has 0 fully saturated rings. The molecule has 24 heavy (non-hydrogen) atoms. The lowest BCUT2D eigenvalue weighted by Gasteiger charge is -2.06. The Kier molecular flexibility index (Phi) is 6.35.